The molecular weight excluding hydrogens is 1270 g/mol. The lowest BCUT2D eigenvalue weighted by atomic mass is 9.76. The van der Waals surface area contributed by atoms with Gasteiger partial charge in [-0.2, -0.15) is 10.5 Å². The molecule has 2 aliphatic heterocycles. The molecule has 6 unspecified atom stereocenters. The Bertz CT molecular complexity index is 4400. The fourth-order valence-corrected chi connectivity index (χ4v) is 17.6. The van der Waals surface area contributed by atoms with Crippen LogP contribution in [0.3, 0.4) is 0 Å². The average Bonchev–Trinajstić information content (AvgIpc) is 1.52. The van der Waals surface area contributed by atoms with Crippen molar-refractivity contribution in [2.45, 2.75) is 162 Å². The summed E-state index contributed by atoms with van der Waals surface area (Å²) >= 11 is 2.88. The van der Waals surface area contributed by atoms with Crippen LogP contribution in [0.5, 0.6) is 34.5 Å². The fraction of sp³-hybridized carbons (Fsp3) is 0.429. The van der Waals surface area contributed by atoms with E-state index in [0.29, 0.717) is 125 Å². The molecule has 6 heterocycles. The zero-order valence-electron chi connectivity index (χ0n) is 61.5. The zero-order chi connectivity index (χ0) is 71.0. The Balaban J connectivity index is 1.17. The van der Waals surface area contributed by atoms with E-state index in [0.717, 1.165) is 71.8 Å². The Labute approximate surface area is 601 Å². The summed E-state index contributed by atoms with van der Waals surface area (Å²) in [6, 6.07) is 53.2. The first-order valence-electron chi connectivity index (χ1n) is 36.0. The molecule has 6 aromatic carbocycles. The van der Waals surface area contributed by atoms with Crippen LogP contribution in [0.4, 0.5) is 0 Å². The van der Waals surface area contributed by atoms with E-state index in [1.54, 1.807) is 0 Å². The molecule has 0 aliphatic carbocycles. The number of benzene rings is 6. The highest BCUT2D eigenvalue weighted by Crippen LogP contribution is 2.45. The van der Waals surface area contributed by atoms with Crippen molar-refractivity contribution in [3.05, 3.63) is 166 Å². The van der Waals surface area contributed by atoms with Gasteiger partial charge in [0.25, 0.3) is 0 Å². The van der Waals surface area contributed by atoms with Gasteiger partial charge in [0.15, 0.2) is 0 Å². The van der Waals surface area contributed by atoms with E-state index in [2.05, 4.69) is 147 Å². The summed E-state index contributed by atoms with van der Waals surface area (Å²) in [7, 11) is -2.40. The van der Waals surface area contributed by atoms with Crippen LogP contribution in [0.1, 0.15) is 172 Å². The number of nitrogens with zero attached hydrogens (tertiary/aromatic N) is 6. The summed E-state index contributed by atoms with van der Waals surface area (Å²) < 4.78 is 48.6. The van der Waals surface area contributed by atoms with Crippen LogP contribution in [0.25, 0.3) is 64.9 Å². The molecule has 2 aliphatic rings. The van der Waals surface area contributed by atoms with Crippen molar-refractivity contribution in [2.24, 2.45) is 57.2 Å². The van der Waals surface area contributed by atoms with Gasteiger partial charge in [-0.05, 0) is 168 Å². The lowest BCUT2D eigenvalue weighted by molar-refractivity contribution is 0.147. The normalized spacial score (nSPS) is 15.7. The van der Waals surface area contributed by atoms with Gasteiger partial charge >= 0.3 is 14.5 Å². The summed E-state index contributed by atoms with van der Waals surface area (Å²) in [5.41, 5.74) is 5.30. The molecule has 0 amide bonds. The smallest absolute Gasteiger partial charge is 0.503 e. The second-order valence-electron chi connectivity index (χ2n) is 33.4. The van der Waals surface area contributed by atoms with Crippen LogP contribution in [0, 0.1) is 79.8 Å². The molecule has 6 atom stereocenters. The van der Waals surface area contributed by atoms with Gasteiger partial charge in [0, 0.05) is 21.9 Å². The number of thiazole rings is 2. The first-order chi connectivity index (χ1) is 47.6. The molecule has 0 saturated carbocycles. The summed E-state index contributed by atoms with van der Waals surface area (Å²) in [6.45, 7) is 38.6. The number of fused-ring (bicyclic) bond motifs is 5. The first-order valence-corrected chi connectivity index (χ1v) is 37.6. The van der Waals surface area contributed by atoms with Crippen LogP contribution in [0.15, 0.2) is 146 Å². The van der Waals surface area contributed by atoms with E-state index in [-0.39, 0.29) is 44.6 Å². The minimum absolute atomic E-state index is 0.124. The molecule has 0 N–H and O–H groups in total. The van der Waals surface area contributed by atoms with E-state index in [9.17, 15) is 10.5 Å². The number of para-hydroxylation sites is 6. The highest BCUT2D eigenvalue weighted by atomic mass is 32.1. The molecular formula is C84H98B2N6O6S2. The predicted octanol–water partition coefficient (Wildman–Crippen LogP) is 20.9. The molecule has 12 rings (SSSR count). The summed E-state index contributed by atoms with van der Waals surface area (Å²) in [4.78, 5) is 10.6. The van der Waals surface area contributed by atoms with Crippen molar-refractivity contribution < 1.29 is 28.1 Å². The monoisotopic (exact) mass is 1370 g/mol. The number of nitriles is 2. The molecule has 0 saturated heterocycles. The summed E-state index contributed by atoms with van der Waals surface area (Å²) in [5.74, 6) is 5.88. The van der Waals surface area contributed by atoms with Gasteiger partial charge in [0.2, 0.25) is 0 Å². The van der Waals surface area contributed by atoms with Crippen LogP contribution >= 0.6 is 22.7 Å². The minimum atomic E-state index is -1.20. The second-order valence-corrected chi connectivity index (χ2v) is 35.4. The highest BCUT2D eigenvalue weighted by molar-refractivity contribution is 7.20. The third kappa shape index (κ3) is 16.3. The van der Waals surface area contributed by atoms with E-state index in [4.69, 9.17) is 38.1 Å². The molecule has 0 fully saturated rings. The molecule has 0 spiro atoms. The largest absolute Gasteiger partial charge is 0.743 e. The number of ether oxygens (including phenoxy) is 2. The lowest BCUT2D eigenvalue weighted by Gasteiger charge is -2.31. The topological polar surface area (TPSA) is 139 Å². The number of rotatable bonds is 24. The average molecular weight is 1370 g/mol. The molecule has 0 radical (unpaired) electrons. The third-order valence-electron chi connectivity index (χ3n) is 19.5. The van der Waals surface area contributed by atoms with Crippen LogP contribution < -0.4 is 38.8 Å². The Hall–Kier alpha value is -8.43. The molecule has 518 valence electrons. The van der Waals surface area contributed by atoms with E-state index < -0.39 is 14.5 Å². The van der Waals surface area contributed by atoms with Gasteiger partial charge in [0.1, 0.15) is 67.8 Å². The van der Waals surface area contributed by atoms with Crippen molar-refractivity contribution in [1.82, 2.24) is 18.9 Å². The van der Waals surface area contributed by atoms with Gasteiger partial charge < -0.3 is 37.0 Å². The van der Waals surface area contributed by atoms with Gasteiger partial charge in [-0.25, -0.2) is 9.97 Å². The maximum atomic E-state index is 12.4. The maximum absolute atomic E-state index is 12.4. The molecule has 0 bridgehead atoms. The Morgan fingerprint density at radius 1 is 0.450 bits per heavy atom. The van der Waals surface area contributed by atoms with Crippen molar-refractivity contribution in [2.75, 3.05) is 13.2 Å². The quantitative estimate of drug-likeness (QED) is 0.0537. The number of hydrogen-bond donors (Lipinski definition) is 0. The van der Waals surface area contributed by atoms with Crippen LogP contribution in [0.2, 0.25) is 0 Å². The van der Waals surface area contributed by atoms with Crippen LogP contribution in [-0.4, -0.2) is 46.6 Å². The first kappa shape index (κ1) is 71.4. The standard InChI is InChI=1S/C84H98B2N6O6S2/c1-53(45-81(5,6)7)39-41-59(55(3)47-83(11,12)13)51-93-61-29-25-27-57(43-61)75-73-74(78(91(75)85-95-67-33-19-20-34-68(67)96-85)64(50-88)80-90-66-32-18-24-38-72(66)100-80)76(58-28-26-30-62(44-58)94-52-60(56(4)48-84(14,15)16)42-40-54(2)46-82(8,9)10)92(86-97-69-35-21-22-36-70(69)98-86)77(73)63(49-87)79-89-65-31-17-23-37-71(65)99-79/h17-38,43-44,53-56,59-60H,39-42,45-48,51-52H2,1-16H3/b77-63-,78-64-. The summed E-state index contributed by atoms with van der Waals surface area (Å²) in [6.07, 6.45) is 8.65. The molecule has 12 nitrogen and oxygen atoms in total. The predicted molar refractivity (Wildman–Crippen MR) is 413 cm³/mol. The molecule has 4 aromatic heterocycles. The van der Waals surface area contributed by atoms with Crippen LogP contribution in [-0.2, 0) is 0 Å². The second kappa shape index (κ2) is 29.3. The lowest BCUT2D eigenvalue weighted by Crippen LogP contribution is -2.44. The zero-order valence-corrected chi connectivity index (χ0v) is 63.1. The fourth-order valence-electron chi connectivity index (χ4n) is 15.7. The van der Waals surface area contributed by atoms with Crippen molar-refractivity contribution in [3.8, 4) is 69.2 Å². The Morgan fingerprint density at radius 3 is 1.12 bits per heavy atom. The molecule has 100 heavy (non-hydrogen) atoms. The van der Waals surface area contributed by atoms with Crippen molar-refractivity contribution in [3.63, 3.8) is 0 Å². The van der Waals surface area contributed by atoms with Gasteiger partial charge in [-0.3, -0.25) is 0 Å². The Kier molecular flexibility index (Phi) is 20.9. The van der Waals surface area contributed by atoms with Crippen molar-refractivity contribution >= 4 is 79.5 Å². The summed E-state index contributed by atoms with van der Waals surface area (Å²) in [5, 5.41) is 27.8. The highest BCUT2D eigenvalue weighted by Gasteiger charge is 2.46. The van der Waals surface area contributed by atoms with Gasteiger partial charge in [-0.1, -0.05) is 196 Å². The minimum Gasteiger partial charge on any atom is -0.503 e. The van der Waals surface area contributed by atoms with E-state index in [1.807, 2.05) is 130 Å². The van der Waals surface area contributed by atoms with Crippen molar-refractivity contribution in [1.29, 1.82) is 10.5 Å². The van der Waals surface area contributed by atoms with Gasteiger partial charge in [-0.15, -0.1) is 22.7 Å². The van der Waals surface area contributed by atoms with Gasteiger partial charge in [0.05, 0.1) is 55.7 Å². The Morgan fingerprint density at radius 2 is 0.790 bits per heavy atom. The number of aromatic nitrogens is 4. The van der Waals surface area contributed by atoms with E-state index in [1.165, 1.54) is 22.7 Å². The number of hydrogen-bond acceptors (Lipinski definition) is 12. The SMILES string of the molecule is CC(CCC(COc1cccc(-c2c3/c(=C(\C#N)c4nc5ccccc5s4)n(B4Oc5ccccc5O4)c(-c4cccc(OCC(CCC(C)CC(C)(C)C)C(C)CC(C)(C)C)c4)c3/c(=C(\C#N)c3nc4ccccc4s3)n2B2Oc3ccccc3O2)c1)C(C)CC(C)(C)C)CC(C)(C)C. The molecule has 10 aromatic rings. The maximum Gasteiger partial charge on any atom is 0.743 e. The molecule has 16 heteroatoms. The third-order valence-corrected chi connectivity index (χ3v) is 21.6. The van der Waals surface area contributed by atoms with E-state index >= 15 is 0 Å².